The highest BCUT2D eigenvalue weighted by molar-refractivity contribution is 5.48. The Labute approximate surface area is 158 Å². The Kier molecular flexibility index (Phi) is 12.6. The standard InChI is InChI=1S/C22H36O4/c1-3-4-5-12-15-19-18-21(25-2)20(22(24)26-19)16-13-10-8-6-7-9-11-14-17-23/h17-18H,3-16H2,1-2H3. The lowest BCUT2D eigenvalue weighted by molar-refractivity contribution is -0.107. The first-order valence-electron chi connectivity index (χ1n) is 10.4. The van der Waals surface area contributed by atoms with Crippen LogP contribution in [0.2, 0.25) is 0 Å². The number of ether oxygens (including phenoxy) is 1. The number of rotatable bonds is 16. The molecule has 0 unspecified atom stereocenters. The molecule has 1 aromatic heterocycles. The van der Waals surface area contributed by atoms with Gasteiger partial charge in [-0.25, -0.2) is 4.79 Å². The van der Waals surface area contributed by atoms with E-state index in [1.54, 1.807) is 7.11 Å². The summed E-state index contributed by atoms with van der Waals surface area (Å²) in [6.07, 6.45) is 15.6. The molecular weight excluding hydrogens is 328 g/mol. The summed E-state index contributed by atoms with van der Waals surface area (Å²) in [5.41, 5.74) is 0.444. The molecule has 0 radical (unpaired) electrons. The van der Waals surface area contributed by atoms with Crippen molar-refractivity contribution in [1.29, 1.82) is 0 Å². The van der Waals surface area contributed by atoms with Gasteiger partial charge in [0.2, 0.25) is 0 Å². The Morgan fingerprint density at radius 2 is 1.54 bits per heavy atom. The van der Waals surface area contributed by atoms with E-state index in [1.165, 1.54) is 38.5 Å². The molecule has 1 heterocycles. The van der Waals surface area contributed by atoms with Crippen LogP contribution >= 0.6 is 0 Å². The number of aldehydes is 1. The molecule has 0 fully saturated rings. The van der Waals surface area contributed by atoms with Crippen LogP contribution in [0.3, 0.4) is 0 Å². The Morgan fingerprint density at radius 1 is 0.923 bits per heavy atom. The van der Waals surface area contributed by atoms with Crippen molar-refractivity contribution in [2.45, 2.75) is 96.8 Å². The van der Waals surface area contributed by atoms with E-state index in [-0.39, 0.29) is 5.63 Å². The number of carbonyl (C=O) groups excluding carboxylic acids is 1. The lowest BCUT2D eigenvalue weighted by atomic mass is 10.0. The second-order valence-corrected chi connectivity index (χ2v) is 7.04. The Bertz CT molecular complexity index is 548. The number of aryl methyl sites for hydroxylation is 1. The van der Waals surface area contributed by atoms with Gasteiger partial charge in [0.25, 0.3) is 0 Å². The molecule has 4 nitrogen and oxygen atoms in total. The fraction of sp³-hybridized carbons (Fsp3) is 0.727. The van der Waals surface area contributed by atoms with Crippen molar-refractivity contribution in [2.75, 3.05) is 7.11 Å². The summed E-state index contributed by atoms with van der Waals surface area (Å²) in [6.45, 7) is 2.19. The highest BCUT2D eigenvalue weighted by Crippen LogP contribution is 2.21. The Hall–Kier alpha value is -1.58. The normalized spacial score (nSPS) is 10.8. The van der Waals surface area contributed by atoms with Crippen LogP contribution in [0.25, 0.3) is 0 Å². The van der Waals surface area contributed by atoms with E-state index in [4.69, 9.17) is 9.15 Å². The van der Waals surface area contributed by atoms with Gasteiger partial charge in [-0.05, 0) is 25.7 Å². The summed E-state index contributed by atoms with van der Waals surface area (Å²) in [6, 6.07) is 1.90. The molecule has 148 valence electrons. The van der Waals surface area contributed by atoms with Gasteiger partial charge in [0.15, 0.2) is 0 Å². The molecule has 0 bridgehead atoms. The van der Waals surface area contributed by atoms with E-state index in [0.717, 1.165) is 50.6 Å². The zero-order valence-electron chi connectivity index (χ0n) is 16.7. The van der Waals surface area contributed by atoms with Gasteiger partial charge in [-0.1, -0.05) is 58.3 Å². The van der Waals surface area contributed by atoms with E-state index in [2.05, 4.69) is 6.92 Å². The average Bonchev–Trinajstić information content (AvgIpc) is 2.64. The lowest BCUT2D eigenvalue weighted by Gasteiger charge is -2.09. The van der Waals surface area contributed by atoms with Gasteiger partial charge in [0.1, 0.15) is 17.8 Å². The van der Waals surface area contributed by atoms with E-state index in [0.29, 0.717) is 24.2 Å². The van der Waals surface area contributed by atoms with Crippen molar-refractivity contribution in [3.8, 4) is 5.75 Å². The van der Waals surface area contributed by atoms with Crippen LogP contribution < -0.4 is 10.4 Å². The fourth-order valence-electron chi connectivity index (χ4n) is 3.21. The van der Waals surface area contributed by atoms with E-state index in [1.807, 2.05) is 6.07 Å². The van der Waals surface area contributed by atoms with Gasteiger partial charge < -0.3 is 13.9 Å². The average molecular weight is 365 g/mol. The van der Waals surface area contributed by atoms with Crippen LogP contribution in [0.1, 0.15) is 95.3 Å². The summed E-state index contributed by atoms with van der Waals surface area (Å²) in [5, 5.41) is 0. The van der Waals surface area contributed by atoms with Crippen molar-refractivity contribution in [2.24, 2.45) is 0 Å². The molecule has 0 aliphatic carbocycles. The largest absolute Gasteiger partial charge is 0.496 e. The first kappa shape index (κ1) is 22.5. The first-order chi connectivity index (χ1) is 12.7. The molecule has 0 atom stereocenters. The second-order valence-electron chi connectivity index (χ2n) is 7.04. The predicted molar refractivity (Wildman–Crippen MR) is 106 cm³/mol. The molecule has 1 rings (SSSR count). The van der Waals surface area contributed by atoms with Crippen LogP contribution in [0.4, 0.5) is 0 Å². The number of carbonyl (C=O) groups is 1. The van der Waals surface area contributed by atoms with E-state index >= 15 is 0 Å². The number of hydrogen-bond donors (Lipinski definition) is 0. The molecule has 0 aliphatic heterocycles. The van der Waals surface area contributed by atoms with Crippen molar-refractivity contribution < 1.29 is 13.9 Å². The summed E-state index contributed by atoms with van der Waals surface area (Å²) < 4.78 is 10.9. The highest BCUT2D eigenvalue weighted by Gasteiger charge is 2.12. The van der Waals surface area contributed by atoms with Crippen LogP contribution in [0.5, 0.6) is 5.75 Å². The van der Waals surface area contributed by atoms with Gasteiger partial charge in [0, 0.05) is 18.9 Å². The SMILES string of the molecule is CCCCCCc1cc(OC)c(CCCCCCCCCC=O)c(=O)o1. The maximum Gasteiger partial charge on any atom is 0.342 e. The number of hydrogen-bond acceptors (Lipinski definition) is 4. The topological polar surface area (TPSA) is 56.5 Å². The Balaban J connectivity index is 2.36. The smallest absolute Gasteiger partial charge is 0.342 e. The molecule has 0 amide bonds. The first-order valence-corrected chi connectivity index (χ1v) is 10.4. The molecule has 0 aromatic carbocycles. The molecular formula is C22H36O4. The Morgan fingerprint density at radius 3 is 2.19 bits per heavy atom. The minimum Gasteiger partial charge on any atom is -0.496 e. The van der Waals surface area contributed by atoms with Gasteiger partial charge >= 0.3 is 5.63 Å². The zero-order valence-corrected chi connectivity index (χ0v) is 16.7. The minimum absolute atomic E-state index is 0.233. The molecule has 0 aliphatic rings. The van der Waals surface area contributed by atoms with E-state index in [9.17, 15) is 9.59 Å². The van der Waals surface area contributed by atoms with Gasteiger partial charge in [0.05, 0.1) is 12.7 Å². The number of unbranched alkanes of at least 4 members (excludes halogenated alkanes) is 10. The quantitative estimate of drug-likeness (QED) is 0.282. The zero-order chi connectivity index (χ0) is 19.0. The van der Waals surface area contributed by atoms with E-state index < -0.39 is 0 Å². The molecule has 0 N–H and O–H groups in total. The van der Waals surface area contributed by atoms with Crippen molar-refractivity contribution >= 4 is 6.29 Å². The third kappa shape index (κ3) is 9.21. The van der Waals surface area contributed by atoms with Crippen LogP contribution in [-0.4, -0.2) is 13.4 Å². The second kappa shape index (κ2) is 14.6. The summed E-state index contributed by atoms with van der Waals surface area (Å²) in [4.78, 5) is 22.5. The minimum atomic E-state index is -0.233. The number of methoxy groups -OCH3 is 1. The lowest BCUT2D eigenvalue weighted by Crippen LogP contribution is -2.11. The molecule has 1 aromatic rings. The van der Waals surface area contributed by atoms with Crippen molar-refractivity contribution in [3.63, 3.8) is 0 Å². The van der Waals surface area contributed by atoms with Gasteiger partial charge in [-0.3, -0.25) is 0 Å². The fourth-order valence-corrected chi connectivity index (χ4v) is 3.21. The van der Waals surface area contributed by atoms with Crippen molar-refractivity contribution in [3.05, 3.63) is 27.8 Å². The van der Waals surface area contributed by atoms with Gasteiger partial charge in [-0.2, -0.15) is 0 Å². The monoisotopic (exact) mass is 364 g/mol. The maximum absolute atomic E-state index is 12.3. The maximum atomic E-state index is 12.3. The predicted octanol–water partition coefficient (Wildman–Crippen LogP) is 5.63. The summed E-state index contributed by atoms with van der Waals surface area (Å²) in [7, 11) is 1.62. The van der Waals surface area contributed by atoms with Crippen molar-refractivity contribution in [1.82, 2.24) is 0 Å². The third-order valence-corrected chi connectivity index (χ3v) is 4.81. The molecule has 4 heteroatoms. The summed E-state index contributed by atoms with van der Waals surface area (Å²) in [5.74, 6) is 1.42. The highest BCUT2D eigenvalue weighted by atomic mass is 16.5. The van der Waals surface area contributed by atoms with Crippen LogP contribution in [0.15, 0.2) is 15.3 Å². The van der Waals surface area contributed by atoms with Crippen LogP contribution in [-0.2, 0) is 17.6 Å². The van der Waals surface area contributed by atoms with Gasteiger partial charge in [-0.15, -0.1) is 0 Å². The van der Waals surface area contributed by atoms with Crippen LogP contribution in [0, 0.1) is 0 Å². The third-order valence-electron chi connectivity index (χ3n) is 4.81. The molecule has 0 spiro atoms. The molecule has 0 saturated carbocycles. The summed E-state index contributed by atoms with van der Waals surface area (Å²) >= 11 is 0. The molecule has 26 heavy (non-hydrogen) atoms. The molecule has 0 saturated heterocycles.